The Bertz CT molecular complexity index is 721. The minimum absolute atomic E-state index is 0.200. The van der Waals surface area contributed by atoms with Crippen molar-refractivity contribution in [3.05, 3.63) is 65.0 Å². The highest BCUT2D eigenvalue weighted by Crippen LogP contribution is 2.20. The van der Waals surface area contributed by atoms with Crippen molar-refractivity contribution in [3.8, 4) is 23.7 Å². The van der Waals surface area contributed by atoms with E-state index in [9.17, 15) is 4.39 Å². The summed E-state index contributed by atoms with van der Waals surface area (Å²) in [6.07, 6.45) is 0. The maximum absolute atomic E-state index is 13.2. The molecule has 21 heavy (non-hydrogen) atoms. The van der Waals surface area contributed by atoms with Crippen molar-refractivity contribution in [2.45, 2.75) is 6.61 Å². The third-order valence-electron chi connectivity index (χ3n) is 2.74. The van der Waals surface area contributed by atoms with Crippen molar-refractivity contribution in [1.82, 2.24) is 0 Å². The van der Waals surface area contributed by atoms with E-state index in [1.165, 1.54) is 12.1 Å². The van der Waals surface area contributed by atoms with Gasteiger partial charge in [-0.15, -0.1) is 0 Å². The van der Waals surface area contributed by atoms with Crippen LogP contribution in [0.25, 0.3) is 0 Å². The first-order chi connectivity index (χ1) is 10.2. The van der Waals surface area contributed by atoms with Crippen LogP contribution in [-0.4, -0.2) is 6.54 Å². The summed E-state index contributed by atoms with van der Waals surface area (Å²) in [4.78, 5) is 0. The van der Waals surface area contributed by atoms with Gasteiger partial charge in [-0.1, -0.05) is 24.0 Å². The highest BCUT2D eigenvalue weighted by atomic mass is 19.1. The smallest absolute Gasteiger partial charge is 0.135 e. The fourth-order valence-electron chi connectivity index (χ4n) is 1.71. The Morgan fingerprint density at radius 2 is 1.90 bits per heavy atom. The van der Waals surface area contributed by atoms with Crippen LogP contribution in [0.1, 0.15) is 16.7 Å². The summed E-state index contributed by atoms with van der Waals surface area (Å²) < 4.78 is 18.9. The predicted molar refractivity (Wildman–Crippen MR) is 77.8 cm³/mol. The highest BCUT2D eigenvalue weighted by molar-refractivity contribution is 5.46. The van der Waals surface area contributed by atoms with E-state index in [-0.39, 0.29) is 12.4 Å². The molecule has 2 aromatic carbocycles. The molecule has 0 fully saturated rings. The van der Waals surface area contributed by atoms with Gasteiger partial charge in [-0.2, -0.15) is 5.26 Å². The lowest BCUT2D eigenvalue weighted by Gasteiger charge is -2.08. The lowest BCUT2D eigenvalue weighted by atomic mass is 10.1. The molecule has 2 rings (SSSR count). The number of rotatable bonds is 3. The van der Waals surface area contributed by atoms with E-state index in [4.69, 9.17) is 15.7 Å². The van der Waals surface area contributed by atoms with Gasteiger partial charge >= 0.3 is 0 Å². The first-order valence-corrected chi connectivity index (χ1v) is 6.33. The predicted octanol–water partition coefficient (Wildman–Crippen LogP) is 2.59. The summed E-state index contributed by atoms with van der Waals surface area (Å²) in [6, 6.07) is 13.3. The van der Waals surface area contributed by atoms with E-state index in [1.807, 2.05) is 12.1 Å². The average molecular weight is 280 g/mol. The number of benzene rings is 2. The van der Waals surface area contributed by atoms with Gasteiger partial charge in [-0.3, -0.25) is 0 Å². The lowest BCUT2D eigenvalue weighted by Crippen LogP contribution is -1.98. The SMILES string of the molecule is N#Cc1ccc(COc2ccc(F)cc2C#CCN)cc1. The minimum atomic E-state index is -0.373. The molecular formula is C17H13FN2O. The maximum atomic E-state index is 13.2. The molecule has 0 atom stereocenters. The van der Waals surface area contributed by atoms with Crippen LogP contribution in [0.3, 0.4) is 0 Å². The van der Waals surface area contributed by atoms with Crippen LogP contribution in [0.15, 0.2) is 42.5 Å². The molecule has 0 unspecified atom stereocenters. The van der Waals surface area contributed by atoms with Crippen LogP contribution < -0.4 is 10.5 Å². The molecule has 0 aliphatic rings. The third kappa shape index (κ3) is 4.07. The highest BCUT2D eigenvalue weighted by Gasteiger charge is 2.04. The molecular weight excluding hydrogens is 267 g/mol. The van der Waals surface area contributed by atoms with Gasteiger partial charge in [0.05, 0.1) is 23.7 Å². The topological polar surface area (TPSA) is 59.0 Å². The number of nitrogens with zero attached hydrogens (tertiary/aromatic N) is 1. The Hall–Kier alpha value is -2.82. The van der Waals surface area contributed by atoms with Crippen LogP contribution in [0, 0.1) is 29.0 Å². The zero-order valence-corrected chi connectivity index (χ0v) is 11.3. The van der Waals surface area contributed by atoms with Crippen molar-refractivity contribution >= 4 is 0 Å². The number of nitriles is 1. The van der Waals surface area contributed by atoms with Crippen LogP contribution in [-0.2, 0) is 6.61 Å². The molecule has 4 heteroatoms. The van der Waals surface area contributed by atoms with Gasteiger partial charge in [0.15, 0.2) is 0 Å². The summed E-state index contributed by atoms with van der Waals surface area (Å²) in [7, 11) is 0. The van der Waals surface area contributed by atoms with Crippen LogP contribution in [0.4, 0.5) is 4.39 Å². The second-order valence-corrected chi connectivity index (χ2v) is 4.24. The van der Waals surface area contributed by atoms with Crippen LogP contribution in [0.5, 0.6) is 5.75 Å². The summed E-state index contributed by atoms with van der Waals surface area (Å²) >= 11 is 0. The standard InChI is InChI=1S/C17H13FN2O/c18-16-7-8-17(15(10-16)2-1-9-19)21-12-14-5-3-13(11-20)4-6-14/h3-8,10H,9,12,19H2. The van der Waals surface area contributed by atoms with Gasteiger partial charge in [-0.05, 0) is 35.9 Å². The minimum Gasteiger partial charge on any atom is -0.488 e. The molecule has 0 amide bonds. The van der Waals surface area contributed by atoms with E-state index in [0.29, 0.717) is 23.5 Å². The van der Waals surface area contributed by atoms with Crippen molar-refractivity contribution < 1.29 is 9.13 Å². The summed E-state index contributed by atoms with van der Waals surface area (Å²) in [5.74, 6) is 5.59. The number of ether oxygens (including phenoxy) is 1. The third-order valence-corrected chi connectivity index (χ3v) is 2.74. The number of halogens is 1. The first kappa shape index (κ1) is 14.6. The molecule has 2 N–H and O–H groups in total. The van der Waals surface area contributed by atoms with Crippen molar-refractivity contribution in [3.63, 3.8) is 0 Å². The van der Waals surface area contributed by atoms with Crippen LogP contribution >= 0.6 is 0 Å². The van der Waals surface area contributed by atoms with Crippen molar-refractivity contribution in [2.24, 2.45) is 5.73 Å². The zero-order chi connectivity index (χ0) is 15.1. The van der Waals surface area contributed by atoms with Gasteiger partial charge < -0.3 is 10.5 Å². The summed E-state index contributed by atoms with van der Waals surface area (Å²) in [5, 5.41) is 8.74. The second kappa shape index (κ2) is 7.09. The molecule has 0 aliphatic carbocycles. The molecule has 0 spiro atoms. The fourth-order valence-corrected chi connectivity index (χ4v) is 1.71. The van der Waals surface area contributed by atoms with E-state index in [1.54, 1.807) is 18.2 Å². The Labute approximate surface area is 122 Å². The number of hydrogen-bond acceptors (Lipinski definition) is 3. The molecule has 0 bridgehead atoms. The van der Waals surface area contributed by atoms with Gasteiger partial charge in [0.25, 0.3) is 0 Å². The van der Waals surface area contributed by atoms with Gasteiger partial charge in [0, 0.05) is 0 Å². The number of nitrogens with two attached hydrogens (primary N) is 1. The monoisotopic (exact) mass is 280 g/mol. The number of hydrogen-bond donors (Lipinski definition) is 1. The molecule has 0 saturated carbocycles. The zero-order valence-electron chi connectivity index (χ0n) is 11.3. The van der Waals surface area contributed by atoms with E-state index < -0.39 is 0 Å². The second-order valence-electron chi connectivity index (χ2n) is 4.24. The molecule has 0 aromatic heterocycles. The van der Waals surface area contributed by atoms with Crippen molar-refractivity contribution in [1.29, 1.82) is 5.26 Å². The van der Waals surface area contributed by atoms with Gasteiger partial charge in [0.2, 0.25) is 0 Å². The summed E-state index contributed by atoms with van der Waals surface area (Å²) in [5.41, 5.74) is 7.29. The largest absolute Gasteiger partial charge is 0.488 e. The van der Waals surface area contributed by atoms with E-state index in [0.717, 1.165) is 5.56 Å². The Morgan fingerprint density at radius 3 is 2.57 bits per heavy atom. The lowest BCUT2D eigenvalue weighted by molar-refractivity contribution is 0.305. The normalized spacial score (nSPS) is 9.38. The fraction of sp³-hybridized carbons (Fsp3) is 0.118. The van der Waals surface area contributed by atoms with E-state index >= 15 is 0 Å². The molecule has 3 nitrogen and oxygen atoms in total. The Balaban J connectivity index is 2.13. The Morgan fingerprint density at radius 1 is 1.14 bits per heavy atom. The van der Waals surface area contributed by atoms with E-state index in [2.05, 4.69) is 17.9 Å². The molecule has 0 saturated heterocycles. The maximum Gasteiger partial charge on any atom is 0.135 e. The average Bonchev–Trinajstić information content (AvgIpc) is 2.52. The van der Waals surface area contributed by atoms with Crippen molar-refractivity contribution in [2.75, 3.05) is 6.54 Å². The Kier molecular flexibility index (Phi) is 4.93. The van der Waals surface area contributed by atoms with Gasteiger partial charge in [0.1, 0.15) is 18.2 Å². The summed E-state index contributed by atoms with van der Waals surface area (Å²) in [6.45, 7) is 0.514. The van der Waals surface area contributed by atoms with Gasteiger partial charge in [-0.25, -0.2) is 4.39 Å². The first-order valence-electron chi connectivity index (χ1n) is 6.33. The molecule has 0 heterocycles. The molecule has 2 aromatic rings. The molecule has 0 radical (unpaired) electrons. The molecule has 0 aliphatic heterocycles. The van der Waals surface area contributed by atoms with Crippen LogP contribution in [0.2, 0.25) is 0 Å². The quantitative estimate of drug-likeness (QED) is 0.879. The molecule has 104 valence electrons.